The van der Waals surface area contributed by atoms with Crippen LogP contribution in [0, 0.1) is 11.8 Å². The Hall–Kier alpha value is -2.73. The molecule has 1 fully saturated rings. The van der Waals surface area contributed by atoms with Gasteiger partial charge in [0.05, 0.1) is 11.3 Å². The fraction of sp³-hybridized carbons (Fsp3) is 0.417. The summed E-state index contributed by atoms with van der Waals surface area (Å²) in [6.07, 6.45) is 6.06. The number of halogens is 1. The van der Waals surface area contributed by atoms with Gasteiger partial charge in [-0.05, 0) is 48.4 Å². The van der Waals surface area contributed by atoms with Gasteiger partial charge >= 0.3 is 0 Å². The lowest BCUT2D eigenvalue weighted by atomic mass is 9.78. The molecule has 6 nitrogen and oxygen atoms in total. The average molecular weight is 436 g/mol. The highest BCUT2D eigenvalue weighted by molar-refractivity contribution is 6.30. The Balaban J connectivity index is 1.70. The standard InChI is InChI=1S/C24H26ClN5O/c1-4-18-21(16-8-10-17(25)11-9-16)23-27-26-22-20(30(23)28-18)12-13-29(24(22)31)19-7-5-6-14(2)15(19)3/h8-15,19H,4-7H2,1-3H3/t14-,15+,19-/m1/s1. The summed E-state index contributed by atoms with van der Waals surface area (Å²) in [6, 6.07) is 9.81. The molecule has 0 saturated heterocycles. The summed E-state index contributed by atoms with van der Waals surface area (Å²) in [6.45, 7) is 6.59. The minimum atomic E-state index is -0.0839. The number of rotatable bonds is 3. The minimum absolute atomic E-state index is 0.0839. The van der Waals surface area contributed by atoms with E-state index in [9.17, 15) is 4.79 Å². The average Bonchev–Trinajstić information content (AvgIpc) is 3.16. The molecule has 0 amide bonds. The van der Waals surface area contributed by atoms with Crippen LogP contribution in [0.2, 0.25) is 5.02 Å². The van der Waals surface area contributed by atoms with Gasteiger partial charge in [-0.2, -0.15) is 5.10 Å². The van der Waals surface area contributed by atoms with E-state index < -0.39 is 0 Å². The molecule has 7 heteroatoms. The molecule has 3 atom stereocenters. The molecular formula is C24H26ClN5O. The van der Waals surface area contributed by atoms with E-state index in [1.807, 2.05) is 41.1 Å². The maximum absolute atomic E-state index is 13.4. The Bertz CT molecular complexity index is 1320. The third-order valence-corrected chi connectivity index (χ3v) is 7.22. The molecule has 1 aliphatic rings. The zero-order chi connectivity index (χ0) is 21.7. The van der Waals surface area contributed by atoms with Crippen LogP contribution in [-0.4, -0.2) is 24.4 Å². The summed E-state index contributed by atoms with van der Waals surface area (Å²) >= 11 is 6.07. The second-order valence-corrected chi connectivity index (χ2v) is 9.15. The SMILES string of the molecule is CCc1nn2c(nnc3c(=O)n([C@@H]4CCC[C@@H](C)[C@@H]4C)ccc32)c1-c1ccc(Cl)cc1. The molecule has 160 valence electrons. The van der Waals surface area contributed by atoms with Crippen molar-refractivity contribution < 1.29 is 0 Å². The number of aryl methyl sites for hydroxylation is 1. The topological polar surface area (TPSA) is 65.1 Å². The largest absolute Gasteiger partial charge is 0.310 e. The molecule has 0 N–H and O–H groups in total. The summed E-state index contributed by atoms with van der Waals surface area (Å²) in [4.78, 5) is 13.4. The van der Waals surface area contributed by atoms with Crippen molar-refractivity contribution >= 4 is 28.3 Å². The molecular weight excluding hydrogens is 410 g/mol. The van der Waals surface area contributed by atoms with E-state index >= 15 is 0 Å². The van der Waals surface area contributed by atoms with Crippen LogP contribution in [0.4, 0.5) is 0 Å². The van der Waals surface area contributed by atoms with E-state index in [4.69, 9.17) is 16.7 Å². The lowest BCUT2D eigenvalue weighted by molar-refractivity contribution is 0.183. The summed E-state index contributed by atoms with van der Waals surface area (Å²) in [5.74, 6) is 1.06. The first-order valence-electron chi connectivity index (χ1n) is 11.0. The Morgan fingerprint density at radius 2 is 1.87 bits per heavy atom. The Morgan fingerprint density at radius 3 is 2.61 bits per heavy atom. The van der Waals surface area contributed by atoms with Gasteiger partial charge in [0.25, 0.3) is 5.56 Å². The molecule has 31 heavy (non-hydrogen) atoms. The predicted octanol–water partition coefficient (Wildman–Crippen LogP) is 5.32. The van der Waals surface area contributed by atoms with Gasteiger partial charge in [0.2, 0.25) is 0 Å². The predicted molar refractivity (Wildman–Crippen MR) is 124 cm³/mol. The first-order valence-corrected chi connectivity index (χ1v) is 11.4. The summed E-state index contributed by atoms with van der Waals surface area (Å²) in [5, 5.41) is 14.3. The van der Waals surface area contributed by atoms with Crippen LogP contribution in [0.25, 0.3) is 27.8 Å². The molecule has 1 aliphatic carbocycles. The van der Waals surface area contributed by atoms with Crippen molar-refractivity contribution in [2.24, 2.45) is 11.8 Å². The molecule has 0 radical (unpaired) electrons. The number of hydrogen-bond acceptors (Lipinski definition) is 4. The van der Waals surface area contributed by atoms with Gasteiger partial charge in [-0.3, -0.25) is 4.79 Å². The third kappa shape index (κ3) is 3.24. The Morgan fingerprint density at radius 1 is 1.10 bits per heavy atom. The molecule has 3 heterocycles. The van der Waals surface area contributed by atoms with Gasteiger partial charge in [0.1, 0.15) is 5.52 Å². The highest BCUT2D eigenvalue weighted by atomic mass is 35.5. The van der Waals surface area contributed by atoms with Gasteiger partial charge in [-0.1, -0.05) is 57.3 Å². The quantitative estimate of drug-likeness (QED) is 0.437. The molecule has 0 unspecified atom stereocenters. The first-order chi connectivity index (χ1) is 15.0. The summed E-state index contributed by atoms with van der Waals surface area (Å²) < 4.78 is 3.64. The third-order valence-electron chi connectivity index (χ3n) is 6.97. The fourth-order valence-corrected chi connectivity index (χ4v) is 5.10. The lowest BCUT2D eigenvalue weighted by Crippen LogP contribution is -2.34. The molecule has 0 bridgehead atoms. The second kappa shape index (κ2) is 7.75. The van der Waals surface area contributed by atoms with Crippen LogP contribution < -0.4 is 5.56 Å². The highest BCUT2D eigenvalue weighted by Crippen LogP contribution is 2.37. The number of hydrogen-bond donors (Lipinski definition) is 0. The normalized spacial score (nSPS) is 21.7. The maximum atomic E-state index is 13.4. The number of nitrogens with zero attached hydrogens (tertiary/aromatic N) is 5. The van der Waals surface area contributed by atoms with Crippen molar-refractivity contribution in [2.75, 3.05) is 0 Å². The Kier molecular flexibility index (Phi) is 5.05. The van der Waals surface area contributed by atoms with Crippen LogP contribution in [0.15, 0.2) is 41.3 Å². The first kappa shape index (κ1) is 20.2. The van der Waals surface area contributed by atoms with Crippen molar-refractivity contribution in [3.8, 4) is 11.1 Å². The van der Waals surface area contributed by atoms with Gasteiger partial charge in [-0.15, -0.1) is 10.2 Å². The molecule has 0 aliphatic heterocycles. The number of aromatic nitrogens is 5. The van der Waals surface area contributed by atoms with E-state index in [2.05, 4.69) is 31.0 Å². The van der Waals surface area contributed by atoms with E-state index in [0.29, 0.717) is 33.5 Å². The summed E-state index contributed by atoms with van der Waals surface area (Å²) in [5.41, 5.74) is 4.48. The van der Waals surface area contributed by atoms with E-state index in [0.717, 1.165) is 36.1 Å². The van der Waals surface area contributed by atoms with Crippen LogP contribution in [0.3, 0.4) is 0 Å². The number of pyridine rings is 1. The molecule has 1 aromatic carbocycles. The molecule has 5 rings (SSSR count). The van der Waals surface area contributed by atoms with Crippen molar-refractivity contribution in [1.29, 1.82) is 0 Å². The van der Waals surface area contributed by atoms with Crippen LogP contribution in [0.5, 0.6) is 0 Å². The zero-order valence-electron chi connectivity index (χ0n) is 18.0. The lowest BCUT2D eigenvalue weighted by Gasteiger charge is -2.35. The van der Waals surface area contributed by atoms with E-state index in [-0.39, 0.29) is 11.6 Å². The molecule has 3 aromatic heterocycles. The molecule has 4 aromatic rings. The van der Waals surface area contributed by atoms with Crippen LogP contribution in [0.1, 0.15) is 51.8 Å². The van der Waals surface area contributed by atoms with Crippen molar-refractivity contribution in [2.45, 2.75) is 52.5 Å². The van der Waals surface area contributed by atoms with Crippen LogP contribution >= 0.6 is 11.6 Å². The van der Waals surface area contributed by atoms with Crippen molar-refractivity contribution in [1.82, 2.24) is 24.4 Å². The highest BCUT2D eigenvalue weighted by Gasteiger charge is 2.29. The second-order valence-electron chi connectivity index (χ2n) is 8.71. The van der Waals surface area contributed by atoms with Crippen LogP contribution in [-0.2, 0) is 6.42 Å². The Labute approximate surface area is 185 Å². The summed E-state index contributed by atoms with van der Waals surface area (Å²) in [7, 11) is 0. The molecule has 1 saturated carbocycles. The van der Waals surface area contributed by atoms with Gasteiger partial charge in [-0.25, -0.2) is 4.52 Å². The monoisotopic (exact) mass is 435 g/mol. The van der Waals surface area contributed by atoms with Crippen molar-refractivity contribution in [3.05, 3.63) is 57.6 Å². The number of fused-ring (bicyclic) bond motifs is 3. The smallest absolute Gasteiger partial charge is 0.280 e. The van der Waals surface area contributed by atoms with E-state index in [1.165, 1.54) is 6.42 Å². The fourth-order valence-electron chi connectivity index (χ4n) is 4.97. The van der Waals surface area contributed by atoms with Gasteiger partial charge in [0, 0.05) is 17.3 Å². The van der Waals surface area contributed by atoms with E-state index in [1.54, 1.807) is 4.52 Å². The number of benzene rings is 1. The molecule has 0 spiro atoms. The van der Waals surface area contributed by atoms with Gasteiger partial charge < -0.3 is 4.57 Å². The zero-order valence-corrected chi connectivity index (χ0v) is 18.8. The van der Waals surface area contributed by atoms with Crippen molar-refractivity contribution in [3.63, 3.8) is 0 Å². The maximum Gasteiger partial charge on any atom is 0.280 e. The van der Waals surface area contributed by atoms with Gasteiger partial charge in [0.15, 0.2) is 11.2 Å². The minimum Gasteiger partial charge on any atom is -0.310 e.